The number of urea groups is 1. The van der Waals surface area contributed by atoms with E-state index in [9.17, 15) is 14.7 Å². The number of carboxylic acids is 1. The summed E-state index contributed by atoms with van der Waals surface area (Å²) in [6, 6.07) is 0.0261. The summed E-state index contributed by atoms with van der Waals surface area (Å²) in [5, 5.41) is 9.49. The van der Waals surface area contributed by atoms with Gasteiger partial charge in [0.15, 0.2) is 0 Å². The predicted octanol–water partition coefficient (Wildman–Crippen LogP) is 2.42. The van der Waals surface area contributed by atoms with Gasteiger partial charge in [-0.1, -0.05) is 6.92 Å². The first-order valence-electron chi connectivity index (χ1n) is 7.79. The molecule has 1 heterocycles. The van der Waals surface area contributed by atoms with Crippen LogP contribution in [-0.2, 0) is 4.79 Å². The smallest absolute Gasteiger partial charge is 0.320 e. The average molecular weight is 282 g/mol. The summed E-state index contributed by atoms with van der Waals surface area (Å²) in [5.41, 5.74) is -0.743. The number of hydrogen-bond acceptors (Lipinski definition) is 2. The van der Waals surface area contributed by atoms with E-state index >= 15 is 0 Å². The topological polar surface area (TPSA) is 60.9 Å². The Bertz CT molecular complexity index is 381. The van der Waals surface area contributed by atoms with Crippen LogP contribution >= 0.6 is 0 Å². The van der Waals surface area contributed by atoms with E-state index in [-0.39, 0.29) is 6.03 Å². The number of aliphatic carboxylic acids is 1. The first-order chi connectivity index (χ1) is 9.52. The lowest BCUT2D eigenvalue weighted by atomic mass is 9.78. The van der Waals surface area contributed by atoms with Gasteiger partial charge in [0, 0.05) is 26.2 Å². The monoisotopic (exact) mass is 282 g/mol. The van der Waals surface area contributed by atoms with E-state index in [0.29, 0.717) is 38.4 Å². The largest absolute Gasteiger partial charge is 0.481 e. The zero-order chi connectivity index (χ0) is 14.8. The molecule has 2 aliphatic rings. The molecule has 5 heteroatoms. The molecule has 1 aliphatic carbocycles. The van der Waals surface area contributed by atoms with Crippen molar-refractivity contribution in [2.24, 2.45) is 11.3 Å². The maximum Gasteiger partial charge on any atom is 0.320 e. The third kappa shape index (κ3) is 3.07. The Kier molecular flexibility index (Phi) is 4.55. The molecule has 1 unspecified atom stereocenters. The molecular weight excluding hydrogens is 256 g/mol. The van der Waals surface area contributed by atoms with E-state index in [1.165, 1.54) is 12.8 Å². The maximum atomic E-state index is 12.6. The third-order valence-corrected chi connectivity index (χ3v) is 4.81. The highest BCUT2D eigenvalue weighted by Crippen LogP contribution is 2.35. The molecule has 0 aromatic carbocycles. The summed E-state index contributed by atoms with van der Waals surface area (Å²) in [7, 11) is 0. The summed E-state index contributed by atoms with van der Waals surface area (Å²) in [6.45, 7) is 6.49. The van der Waals surface area contributed by atoms with Crippen molar-refractivity contribution in [3.05, 3.63) is 0 Å². The number of hydrogen-bond donors (Lipinski definition) is 1. The summed E-state index contributed by atoms with van der Waals surface area (Å²) in [5.74, 6) is -0.0955. The van der Waals surface area contributed by atoms with Crippen LogP contribution in [0.25, 0.3) is 0 Å². The van der Waals surface area contributed by atoms with Gasteiger partial charge in [-0.05, 0) is 44.9 Å². The zero-order valence-corrected chi connectivity index (χ0v) is 12.6. The molecule has 1 aliphatic heterocycles. The van der Waals surface area contributed by atoms with Crippen LogP contribution in [0.1, 0.15) is 46.0 Å². The van der Waals surface area contributed by atoms with Crippen LogP contribution in [0.5, 0.6) is 0 Å². The Balaban J connectivity index is 2.02. The highest BCUT2D eigenvalue weighted by atomic mass is 16.4. The summed E-state index contributed by atoms with van der Waals surface area (Å²) >= 11 is 0. The van der Waals surface area contributed by atoms with Crippen molar-refractivity contribution in [1.82, 2.24) is 9.80 Å². The molecule has 1 saturated carbocycles. The summed E-state index contributed by atoms with van der Waals surface area (Å²) in [6.07, 6.45) is 4.49. The summed E-state index contributed by atoms with van der Waals surface area (Å²) in [4.78, 5) is 27.8. The van der Waals surface area contributed by atoms with E-state index in [1.807, 2.05) is 18.7 Å². The van der Waals surface area contributed by atoms with Gasteiger partial charge in [-0.2, -0.15) is 0 Å². The van der Waals surface area contributed by atoms with Crippen LogP contribution in [0.3, 0.4) is 0 Å². The third-order valence-electron chi connectivity index (χ3n) is 4.81. The Hall–Kier alpha value is -1.26. The van der Waals surface area contributed by atoms with Gasteiger partial charge in [-0.3, -0.25) is 4.79 Å². The van der Waals surface area contributed by atoms with Crippen LogP contribution in [0, 0.1) is 11.3 Å². The molecule has 2 rings (SSSR count). The number of carbonyl (C=O) groups excluding carboxylic acids is 1. The fourth-order valence-corrected chi connectivity index (χ4v) is 3.06. The van der Waals surface area contributed by atoms with Crippen LogP contribution in [0.15, 0.2) is 0 Å². The van der Waals surface area contributed by atoms with Gasteiger partial charge in [0.05, 0.1) is 5.41 Å². The number of carboxylic acid groups (broad SMARTS) is 1. The molecule has 0 aromatic rings. The lowest BCUT2D eigenvalue weighted by Crippen LogP contribution is -2.53. The van der Waals surface area contributed by atoms with E-state index < -0.39 is 11.4 Å². The fourth-order valence-electron chi connectivity index (χ4n) is 3.06. The highest BCUT2D eigenvalue weighted by Gasteiger charge is 2.43. The van der Waals surface area contributed by atoms with Crippen molar-refractivity contribution < 1.29 is 14.7 Å². The van der Waals surface area contributed by atoms with Gasteiger partial charge in [0.1, 0.15) is 0 Å². The Morgan fingerprint density at radius 3 is 2.55 bits per heavy atom. The van der Waals surface area contributed by atoms with E-state index in [1.54, 1.807) is 4.90 Å². The van der Waals surface area contributed by atoms with Crippen LogP contribution in [-0.4, -0.2) is 53.1 Å². The Morgan fingerprint density at radius 1 is 1.35 bits per heavy atom. The molecule has 0 bridgehead atoms. The SMILES string of the molecule is CCN(CC1CC1)C(=O)N1CCCC(CC)(C(=O)O)C1. The normalized spacial score (nSPS) is 26.4. The molecule has 1 saturated heterocycles. The van der Waals surface area contributed by atoms with Gasteiger partial charge < -0.3 is 14.9 Å². The molecule has 2 amide bonds. The number of piperidine rings is 1. The van der Waals surface area contributed by atoms with Crippen molar-refractivity contribution in [3.63, 3.8) is 0 Å². The van der Waals surface area contributed by atoms with Crippen LogP contribution < -0.4 is 0 Å². The molecule has 1 N–H and O–H groups in total. The number of likely N-dealkylation sites (tertiary alicyclic amines) is 1. The van der Waals surface area contributed by atoms with Crippen molar-refractivity contribution in [3.8, 4) is 0 Å². The number of amides is 2. The van der Waals surface area contributed by atoms with Crippen LogP contribution in [0.4, 0.5) is 4.79 Å². The zero-order valence-electron chi connectivity index (χ0n) is 12.6. The van der Waals surface area contributed by atoms with Crippen molar-refractivity contribution in [2.75, 3.05) is 26.2 Å². The number of rotatable bonds is 5. The second-order valence-electron chi connectivity index (χ2n) is 6.23. The van der Waals surface area contributed by atoms with Gasteiger partial charge in [-0.25, -0.2) is 4.79 Å². The average Bonchev–Trinajstić information content (AvgIpc) is 3.27. The fraction of sp³-hybridized carbons (Fsp3) is 0.867. The lowest BCUT2D eigenvalue weighted by molar-refractivity contribution is -0.152. The first kappa shape index (κ1) is 15.1. The molecule has 0 aromatic heterocycles. The second kappa shape index (κ2) is 6.02. The quantitative estimate of drug-likeness (QED) is 0.842. The van der Waals surface area contributed by atoms with Crippen molar-refractivity contribution >= 4 is 12.0 Å². The predicted molar refractivity (Wildman–Crippen MR) is 76.5 cm³/mol. The van der Waals surface area contributed by atoms with Crippen molar-refractivity contribution in [1.29, 1.82) is 0 Å². The number of carbonyl (C=O) groups is 2. The lowest BCUT2D eigenvalue weighted by Gasteiger charge is -2.41. The second-order valence-corrected chi connectivity index (χ2v) is 6.23. The van der Waals surface area contributed by atoms with E-state index in [4.69, 9.17) is 0 Å². The molecule has 0 spiro atoms. The molecule has 20 heavy (non-hydrogen) atoms. The highest BCUT2D eigenvalue weighted by molar-refractivity contribution is 5.79. The maximum absolute atomic E-state index is 12.6. The minimum Gasteiger partial charge on any atom is -0.481 e. The molecule has 114 valence electrons. The van der Waals surface area contributed by atoms with Gasteiger partial charge in [0.25, 0.3) is 0 Å². The van der Waals surface area contributed by atoms with Gasteiger partial charge in [-0.15, -0.1) is 0 Å². The summed E-state index contributed by atoms with van der Waals surface area (Å²) < 4.78 is 0. The number of nitrogens with zero attached hydrogens (tertiary/aromatic N) is 2. The van der Waals surface area contributed by atoms with E-state index in [2.05, 4.69) is 0 Å². The molecule has 5 nitrogen and oxygen atoms in total. The van der Waals surface area contributed by atoms with Gasteiger partial charge >= 0.3 is 12.0 Å². The standard InChI is InChI=1S/C15H26N2O3/c1-3-15(13(18)19)8-5-9-17(11-15)14(20)16(4-2)10-12-6-7-12/h12H,3-11H2,1-2H3,(H,18,19). The van der Waals surface area contributed by atoms with Gasteiger partial charge in [0.2, 0.25) is 0 Å². The molecule has 0 radical (unpaired) electrons. The minimum absolute atomic E-state index is 0.0261. The Morgan fingerprint density at radius 2 is 2.05 bits per heavy atom. The van der Waals surface area contributed by atoms with Crippen molar-refractivity contribution in [2.45, 2.75) is 46.0 Å². The minimum atomic E-state index is -0.761. The first-order valence-corrected chi connectivity index (χ1v) is 7.79. The molecule has 1 atom stereocenters. The molecule has 2 fully saturated rings. The van der Waals surface area contributed by atoms with Crippen LogP contribution in [0.2, 0.25) is 0 Å². The Labute approximate surface area is 120 Å². The molecular formula is C15H26N2O3. The van der Waals surface area contributed by atoms with E-state index in [0.717, 1.165) is 13.0 Å².